The van der Waals surface area contributed by atoms with Crippen LogP contribution in [0.5, 0.6) is 0 Å². The fourth-order valence-corrected chi connectivity index (χ4v) is 3.48. The van der Waals surface area contributed by atoms with Gasteiger partial charge in [-0.2, -0.15) is 11.8 Å². The zero-order chi connectivity index (χ0) is 14.4. The number of rotatable bonds is 5. The van der Waals surface area contributed by atoms with Crippen molar-refractivity contribution in [3.05, 3.63) is 34.9 Å². The Morgan fingerprint density at radius 3 is 2.80 bits per heavy atom. The van der Waals surface area contributed by atoms with Crippen LogP contribution in [0, 0.1) is 0 Å². The van der Waals surface area contributed by atoms with Crippen LogP contribution in [-0.4, -0.2) is 35.3 Å². The molecule has 2 rings (SSSR count). The molecule has 0 aliphatic carbocycles. The van der Waals surface area contributed by atoms with E-state index in [1.54, 1.807) is 24.3 Å². The Kier molecular flexibility index (Phi) is 6.01. The zero-order valence-corrected chi connectivity index (χ0v) is 12.7. The van der Waals surface area contributed by atoms with Crippen LogP contribution in [0.3, 0.4) is 0 Å². The molecular weight excluding hydrogens is 296 g/mol. The molecule has 20 heavy (non-hydrogen) atoms. The van der Waals surface area contributed by atoms with Gasteiger partial charge in [0.25, 0.3) is 0 Å². The van der Waals surface area contributed by atoms with E-state index in [0.717, 1.165) is 12.0 Å². The molecule has 0 bridgehead atoms. The van der Waals surface area contributed by atoms with Crippen LogP contribution in [0.25, 0.3) is 0 Å². The van der Waals surface area contributed by atoms with E-state index in [1.165, 1.54) is 12.2 Å². The minimum atomic E-state index is -0.413. The van der Waals surface area contributed by atoms with Gasteiger partial charge in [0, 0.05) is 16.8 Å². The highest BCUT2D eigenvalue weighted by atomic mass is 35.5. The first-order valence-electron chi connectivity index (χ1n) is 6.71. The second-order valence-corrected chi connectivity index (χ2v) is 6.62. The van der Waals surface area contributed by atoms with Crippen molar-refractivity contribution in [3.8, 4) is 0 Å². The molecule has 1 saturated heterocycles. The Morgan fingerprint density at radius 2 is 2.20 bits per heavy atom. The third-order valence-electron chi connectivity index (χ3n) is 3.27. The second-order valence-electron chi connectivity index (χ2n) is 4.78. The maximum absolute atomic E-state index is 11.8. The van der Waals surface area contributed by atoms with Gasteiger partial charge in [-0.1, -0.05) is 23.7 Å². The van der Waals surface area contributed by atoms with Crippen molar-refractivity contribution in [2.45, 2.75) is 24.1 Å². The van der Waals surface area contributed by atoms with Crippen molar-refractivity contribution in [2.24, 2.45) is 0 Å². The minimum Gasteiger partial charge on any atom is -0.394 e. The van der Waals surface area contributed by atoms with Gasteiger partial charge in [0.2, 0.25) is 0 Å². The fraction of sp³-hybridized carbons (Fsp3) is 0.500. The summed E-state index contributed by atoms with van der Waals surface area (Å²) in [6.45, 7) is 0.530. The first kappa shape index (κ1) is 15.5. The summed E-state index contributed by atoms with van der Waals surface area (Å²) in [6.07, 6.45) is 2.38. The molecule has 1 aromatic carbocycles. The van der Waals surface area contributed by atoms with Gasteiger partial charge in [-0.25, -0.2) is 4.79 Å². The molecule has 2 atom stereocenters. The quantitative estimate of drug-likeness (QED) is 0.783. The molecule has 2 unspecified atom stereocenters. The summed E-state index contributed by atoms with van der Waals surface area (Å²) in [7, 11) is 0. The minimum absolute atomic E-state index is 0.146. The van der Waals surface area contributed by atoms with Gasteiger partial charge in [-0.15, -0.1) is 0 Å². The third kappa shape index (κ3) is 4.58. The Balaban J connectivity index is 1.82. The lowest BCUT2D eigenvalue weighted by atomic mass is 10.1. The van der Waals surface area contributed by atoms with E-state index >= 15 is 0 Å². The predicted octanol–water partition coefficient (Wildman–Crippen LogP) is 2.57. The van der Waals surface area contributed by atoms with Gasteiger partial charge >= 0.3 is 6.03 Å². The summed E-state index contributed by atoms with van der Waals surface area (Å²) in [5, 5.41) is 16.2. The molecule has 1 aliphatic rings. The summed E-state index contributed by atoms with van der Waals surface area (Å²) in [5.74, 6) is 1.18. The average Bonchev–Trinajstić information content (AvgIpc) is 2.97. The molecular formula is C14H19ClN2O2S. The Morgan fingerprint density at radius 1 is 1.45 bits per heavy atom. The molecule has 0 aromatic heterocycles. The molecule has 3 N–H and O–H groups in total. The Labute approximate surface area is 128 Å². The van der Waals surface area contributed by atoms with Crippen molar-refractivity contribution < 1.29 is 9.90 Å². The van der Waals surface area contributed by atoms with Gasteiger partial charge in [0.15, 0.2) is 0 Å². The number of carbonyl (C=O) groups is 1. The second kappa shape index (κ2) is 7.76. The van der Waals surface area contributed by atoms with E-state index in [9.17, 15) is 9.90 Å². The number of hydrogen-bond acceptors (Lipinski definition) is 3. The van der Waals surface area contributed by atoms with Gasteiger partial charge in [-0.05, 0) is 36.3 Å². The van der Waals surface area contributed by atoms with Crippen LogP contribution in [0.4, 0.5) is 4.79 Å². The van der Waals surface area contributed by atoms with Crippen LogP contribution in [0.1, 0.15) is 24.4 Å². The number of urea groups is 1. The van der Waals surface area contributed by atoms with Crippen molar-refractivity contribution in [1.82, 2.24) is 10.6 Å². The number of aliphatic hydroxyl groups excluding tert-OH is 1. The molecule has 0 saturated carbocycles. The number of aliphatic hydroxyl groups is 1. The SMILES string of the molecule is O=C(NCC1CCCS1)NC(CO)c1ccc(Cl)cc1. The first-order valence-corrected chi connectivity index (χ1v) is 8.14. The summed E-state index contributed by atoms with van der Waals surface area (Å²) < 4.78 is 0. The van der Waals surface area contributed by atoms with Crippen LogP contribution in [0.2, 0.25) is 5.02 Å². The topological polar surface area (TPSA) is 61.4 Å². The largest absolute Gasteiger partial charge is 0.394 e. The molecule has 4 nitrogen and oxygen atoms in total. The van der Waals surface area contributed by atoms with E-state index in [1.807, 2.05) is 11.8 Å². The summed E-state index contributed by atoms with van der Waals surface area (Å²) in [4.78, 5) is 11.8. The van der Waals surface area contributed by atoms with Crippen molar-refractivity contribution in [1.29, 1.82) is 0 Å². The molecule has 1 aromatic rings. The Hall–Kier alpha value is -0.910. The molecule has 6 heteroatoms. The number of amides is 2. The van der Waals surface area contributed by atoms with Crippen LogP contribution in [-0.2, 0) is 0 Å². The maximum Gasteiger partial charge on any atom is 0.315 e. The van der Waals surface area contributed by atoms with Gasteiger partial charge in [-0.3, -0.25) is 0 Å². The third-order valence-corrected chi connectivity index (χ3v) is 4.92. The highest BCUT2D eigenvalue weighted by Gasteiger charge is 2.18. The van der Waals surface area contributed by atoms with Crippen LogP contribution < -0.4 is 10.6 Å². The molecule has 0 radical (unpaired) electrons. The first-order chi connectivity index (χ1) is 9.69. The summed E-state index contributed by atoms with van der Waals surface area (Å²) >= 11 is 7.72. The molecule has 110 valence electrons. The maximum atomic E-state index is 11.8. The fourth-order valence-electron chi connectivity index (χ4n) is 2.15. The van der Waals surface area contributed by atoms with Crippen molar-refractivity contribution in [2.75, 3.05) is 18.9 Å². The number of hydrogen-bond donors (Lipinski definition) is 3. The van der Waals surface area contributed by atoms with E-state index in [4.69, 9.17) is 11.6 Å². The van der Waals surface area contributed by atoms with E-state index in [2.05, 4.69) is 10.6 Å². The van der Waals surface area contributed by atoms with E-state index < -0.39 is 6.04 Å². The predicted molar refractivity (Wildman–Crippen MR) is 83.3 cm³/mol. The molecule has 1 heterocycles. The molecule has 2 amide bonds. The molecule has 0 spiro atoms. The average molecular weight is 315 g/mol. The number of nitrogens with one attached hydrogen (secondary N) is 2. The number of carbonyl (C=O) groups excluding carboxylic acids is 1. The summed E-state index contributed by atoms with van der Waals surface area (Å²) in [5.41, 5.74) is 0.835. The van der Waals surface area contributed by atoms with Gasteiger partial charge < -0.3 is 15.7 Å². The normalized spacial score (nSPS) is 19.6. The lowest BCUT2D eigenvalue weighted by molar-refractivity contribution is 0.217. The lowest BCUT2D eigenvalue weighted by Crippen LogP contribution is -2.41. The van der Waals surface area contributed by atoms with Crippen LogP contribution >= 0.6 is 23.4 Å². The summed E-state index contributed by atoms with van der Waals surface area (Å²) in [6, 6.07) is 6.44. The zero-order valence-electron chi connectivity index (χ0n) is 11.1. The van der Waals surface area contributed by atoms with Crippen molar-refractivity contribution in [3.63, 3.8) is 0 Å². The standard InChI is InChI=1S/C14H19ClN2O2S/c15-11-5-3-10(4-6-11)13(9-18)17-14(19)16-8-12-2-1-7-20-12/h3-6,12-13,18H,1-2,7-9H2,(H2,16,17,19). The Bertz CT molecular complexity index is 435. The number of halogens is 1. The molecule has 1 aliphatic heterocycles. The van der Waals surface area contributed by atoms with Crippen LogP contribution in [0.15, 0.2) is 24.3 Å². The monoisotopic (exact) mass is 314 g/mol. The van der Waals surface area contributed by atoms with Crippen molar-refractivity contribution >= 4 is 29.4 Å². The molecule has 1 fully saturated rings. The highest BCUT2D eigenvalue weighted by molar-refractivity contribution is 8.00. The van der Waals surface area contributed by atoms with Gasteiger partial charge in [0.05, 0.1) is 12.6 Å². The van der Waals surface area contributed by atoms with Gasteiger partial charge in [0.1, 0.15) is 0 Å². The number of thioether (sulfide) groups is 1. The van der Waals surface area contributed by atoms with E-state index in [-0.39, 0.29) is 12.6 Å². The smallest absolute Gasteiger partial charge is 0.315 e. The number of benzene rings is 1. The van der Waals surface area contributed by atoms with E-state index in [0.29, 0.717) is 16.8 Å². The highest BCUT2D eigenvalue weighted by Crippen LogP contribution is 2.25. The lowest BCUT2D eigenvalue weighted by Gasteiger charge is -2.18.